The number of aryl methyl sites for hydroxylation is 1. The molecule has 0 saturated carbocycles. The number of nitrogens with one attached hydrogen (secondary N) is 1. The van der Waals surface area contributed by atoms with Crippen molar-refractivity contribution in [3.63, 3.8) is 0 Å². The van der Waals surface area contributed by atoms with Gasteiger partial charge in [0.05, 0.1) is 12.2 Å². The van der Waals surface area contributed by atoms with Crippen molar-refractivity contribution >= 4 is 28.5 Å². The highest BCUT2D eigenvalue weighted by atomic mass is 127. The number of amides is 1. The number of aromatic nitrogens is 2. The molecule has 100 valence electrons. The Morgan fingerprint density at radius 2 is 2.37 bits per heavy atom. The van der Waals surface area contributed by atoms with E-state index in [2.05, 4.69) is 37.9 Å². The van der Waals surface area contributed by atoms with Gasteiger partial charge < -0.3 is 9.73 Å². The topological polar surface area (TPSA) is 68.0 Å². The molecule has 0 spiro atoms. The maximum atomic E-state index is 13.3. The van der Waals surface area contributed by atoms with Gasteiger partial charge in [-0.2, -0.15) is 0 Å². The number of rotatable bonds is 5. The molecular formula is C12H11FIN3O2. The maximum Gasteiger partial charge on any atom is 0.273 e. The van der Waals surface area contributed by atoms with Gasteiger partial charge in [-0.1, -0.05) is 22.6 Å². The maximum absolute atomic E-state index is 13.3. The Labute approximate surface area is 122 Å². The Bertz CT molecular complexity index is 574. The molecule has 0 unspecified atom stereocenters. The van der Waals surface area contributed by atoms with Gasteiger partial charge in [-0.05, 0) is 12.1 Å². The molecule has 7 heteroatoms. The third kappa shape index (κ3) is 3.72. The van der Waals surface area contributed by atoms with Crippen LogP contribution in [0.15, 0.2) is 29.0 Å². The molecule has 0 fully saturated rings. The number of hydrogen-bond donors (Lipinski definition) is 1. The molecule has 0 aromatic carbocycles. The molecule has 2 heterocycles. The molecule has 0 aliphatic heterocycles. The highest BCUT2D eigenvalue weighted by molar-refractivity contribution is 14.1. The molecule has 5 nitrogen and oxygen atoms in total. The molecule has 19 heavy (non-hydrogen) atoms. The number of carbonyl (C=O) groups is 1. The number of carbonyl (C=O) groups excluding carboxylic acids is 1. The van der Waals surface area contributed by atoms with Crippen molar-refractivity contribution < 1.29 is 13.6 Å². The summed E-state index contributed by atoms with van der Waals surface area (Å²) in [6.45, 7) is 0.0139. The zero-order valence-electron chi connectivity index (χ0n) is 9.90. The summed E-state index contributed by atoms with van der Waals surface area (Å²) in [7, 11) is 0. The Morgan fingerprint density at radius 3 is 3.11 bits per heavy atom. The van der Waals surface area contributed by atoms with E-state index in [0.717, 1.165) is 4.43 Å². The van der Waals surface area contributed by atoms with E-state index in [1.807, 2.05) is 0 Å². The minimum absolute atomic E-state index is 0.0139. The second-order valence-corrected chi connectivity index (χ2v) is 4.76. The fraction of sp³-hybridized carbons (Fsp3) is 0.250. The Morgan fingerprint density at radius 1 is 1.53 bits per heavy atom. The molecular weight excluding hydrogens is 364 g/mol. The monoisotopic (exact) mass is 375 g/mol. The third-order valence-corrected chi connectivity index (χ3v) is 2.88. The molecule has 0 atom stereocenters. The van der Waals surface area contributed by atoms with Crippen LogP contribution >= 0.6 is 22.6 Å². The van der Waals surface area contributed by atoms with Crippen molar-refractivity contribution in [2.45, 2.75) is 13.0 Å². The Balaban J connectivity index is 1.95. The van der Waals surface area contributed by atoms with Crippen LogP contribution in [0.5, 0.6) is 0 Å². The number of nitrogens with zero attached hydrogens (tertiary/aromatic N) is 2. The zero-order valence-corrected chi connectivity index (χ0v) is 12.1. The number of hydrogen-bond acceptors (Lipinski definition) is 4. The van der Waals surface area contributed by atoms with Gasteiger partial charge in [0.25, 0.3) is 5.91 Å². The predicted molar refractivity (Wildman–Crippen MR) is 74.5 cm³/mol. The van der Waals surface area contributed by atoms with Crippen molar-refractivity contribution in [2.24, 2.45) is 0 Å². The minimum Gasteiger partial charge on any atom is -0.448 e. The standard InChI is InChI=1S/C12H11FIN3O2/c13-8-2-1-5-15-9(8)6-16-12(18)10-7-19-11(17-10)3-4-14/h1-2,5,7H,3-4,6H2,(H,16,18). The van der Waals surface area contributed by atoms with Gasteiger partial charge in [0.15, 0.2) is 11.6 Å². The molecule has 2 rings (SSSR count). The quantitative estimate of drug-likeness (QED) is 0.642. The second-order valence-electron chi connectivity index (χ2n) is 3.68. The molecule has 1 amide bonds. The van der Waals surface area contributed by atoms with E-state index >= 15 is 0 Å². The van der Waals surface area contributed by atoms with Crippen LogP contribution in [0.4, 0.5) is 4.39 Å². The second kappa shape index (κ2) is 6.60. The Hall–Kier alpha value is -1.51. The van der Waals surface area contributed by atoms with Crippen LogP contribution in [-0.2, 0) is 13.0 Å². The lowest BCUT2D eigenvalue weighted by atomic mass is 10.3. The first kappa shape index (κ1) is 13.9. The predicted octanol–water partition coefficient (Wildman–Crippen LogP) is 2.12. The highest BCUT2D eigenvalue weighted by Gasteiger charge is 2.12. The SMILES string of the molecule is O=C(NCc1ncccc1F)c1coc(CCI)n1. The average Bonchev–Trinajstić information content (AvgIpc) is 2.87. The lowest BCUT2D eigenvalue weighted by Gasteiger charge is -2.02. The van der Waals surface area contributed by atoms with Gasteiger partial charge in [-0.15, -0.1) is 0 Å². The summed E-state index contributed by atoms with van der Waals surface area (Å²) in [5.74, 6) is -0.342. The summed E-state index contributed by atoms with van der Waals surface area (Å²) < 4.78 is 19.3. The van der Waals surface area contributed by atoms with Crippen molar-refractivity contribution in [2.75, 3.05) is 4.43 Å². The van der Waals surface area contributed by atoms with Crippen LogP contribution < -0.4 is 5.32 Å². The van der Waals surface area contributed by atoms with E-state index in [1.165, 1.54) is 24.6 Å². The van der Waals surface area contributed by atoms with Gasteiger partial charge in [0.2, 0.25) is 0 Å². The number of halogens is 2. The lowest BCUT2D eigenvalue weighted by molar-refractivity contribution is 0.0945. The fourth-order valence-electron chi connectivity index (χ4n) is 1.41. The largest absolute Gasteiger partial charge is 0.448 e. The first-order valence-corrected chi connectivity index (χ1v) is 7.11. The van der Waals surface area contributed by atoms with E-state index in [-0.39, 0.29) is 17.9 Å². The van der Waals surface area contributed by atoms with E-state index in [1.54, 1.807) is 0 Å². The lowest BCUT2D eigenvalue weighted by Crippen LogP contribution is -2.24. The van der Waals surface area contributed by atoms with Crippen LogP contribution in [0, 0.1) is 5.82 Å². The summed E-state index contributed by atoms with van der Waals surface area (Å²) in [6, 6.07) is 2.79. The van der Waals surface area contributed by atoms with Crippen LogP contribution in [-0.4, -0.2) is 20.3 Å². The molecule has 2 aromatic rings. The molecule has 2 aromatic heterocycles. The highest BCUT2D eigenvalue weighted by Crippen LogP contribution is 2.06. The summed E-state index contributed by atoms with van der Waals surface area (Å²) in [4.78, 5) is 19.6. The fourth-order valence-corrected chi connectivity index (χ4v) is 1.88. The van der Waals surface area contributed by atoms with Crippen molar-refractivity contribution in [1.29, 1.82) is 0 Å². The molecule has 1 N–H and O–H groups in total. The van der Waals surface area contributed by atoms with Crippen molar-refractivity contribution in [1.82, 2.24) is 15.3 Å². The number of pyridine rings is 1. The van der Waals surface area contributed by atoms with Gasteiger partial charge >= 0.3 is 0 Å². The van der Waals surface area contributed by atoms with E-state index in [9.17, 15) is 9.18 Å². The summed E-state index contributed by atoms with van der Waals surface area (Å²) in [6.07, 6.45) is 3.44. The van der Waals surface area contributed by atoms with Crippen LogP contribution in [0.25, 0.3) is 0 Å². The zero-order chi connectivity index (χ0) is 13.7. The van der Waals surface area contributed by atoms with Gasteiger partial charge in [0, 0.05) is 17.0 Å². The smallest absolute Gasteiger partial charge is 0.273 e. The van der Waals surface area contributed by atoms with Gasteiger partial charge in [-0.3, -0.25) is 9.78 Å². The summed E-state index contributed by atoms with van der Waals surface area (Å²) in [5.41, 5.74) is 0.378. The van der Waals surface area contributed by atoms with Crippen LogP contribution in [0.2, 0.25) is 0 Å². The molecule has 0 aliphatic carbocycles. The summed E-state index contributed by atoms with van der Waals surface area (Å²) in [5, 5.41) is 2.55. The molecule has 0 saturated heterocycles. The minimum atomic E-state index is -0.450. The number of oxazole rings is 1. The third-order valence-electron chi connectivity index (χ3n) is 2.34. The normalized spacial score (nSPS) is 10.4. The first-order valence-electron chi connectivity index (χ1n) is 5.58. The molecule has 0 radical (unpaired) electrons. The van der Waals surface area contributed by atoms with Gasteiger partial charge in [0.1, 0.15) is 12.1 Å². The van der Waals surface area contributed by atoms with Crippen LogP contribution in [0.3, 0.4) is 0 Å². The Kier molecular flexibility index (Phi) is 4.83. The first-order chi connectivity index (χ1) is 9.20. The van der Waals surface area contributed by atoms with E-state index < -0.39 is 11.7 Å². The molecule has 0 aliphatic rings. The van der Waals surface area contributed by atoms with Gasteiger partial charge in [-0.25, -0.2) is 9.37 Å². The van der Waals surface area contributed by atoms with Crippen molar-refractivity contribution in [3.05, 3.63) is 47.7 Å². The summed E-state index contributed by atoms with van der Waals surface area (Å²) >= 11 is 2.20. The van der Waals surface area contributed by atoms with E-state index in [4.69, 9.17) is 4.42 Å². The molecule has 0 bridgehead atoms. The van der Waals surface area contributed by atoms with Crippen molar-refractivity contribution in [3.8, 4) is 0 Å². The van der Waals surface area contributed by atoms with E-state index in [0.29, 0.717) is 12.3 Å². The average molecular weight is 375 g/mol. The number of alkyl halides is 1. The van der Waals surface area contributed by atoms with Crippen LogP contribution in [0.1, 0.15) is 22.1 Å².